The van der Waals surface area contributed by atoms with Crippen LogP contribution in [-0.2, 0) is 14.6 Å². The zero-order valence-corrected chi connectivity index (χ0v) is 12.0. The number of carbonyl (C=O) groups is 2. The van der Waals surface area contributed by atoms with E-state index in [9.17, 15) is 22.4 Å². The number of carboxylic acid groups (broad SMARTS) is 1. The number of carbonyl (C=O) groups excluding carboxylic acids is 1. The predicted molar refractivity (Wildman–Crippen MR) is 67.2 cm³/mol. The Balaban J connectivity index is 3.43. The van der Waals surface area contributed by atoms with Crippen LogP contribution in [-0.4, -0.2) is 38.2 Å². The normalized spacial score (nSPS) is 11.1. The zero-order valence-electron chi connectivity index (χ0n) is 9.61. The van der Waals surface area contributed by atoms with E-state index in [0.29, 0.717) is 0 Å². The average Bonchev–Trinajstić information content (AvgIpc) is 2.30. The lowest BCUT2D eigenvalue weighted by molar-refractivity contribution is -0.118. The van der Waals surface area contributed by atoms with Crippen molar-refractivity contribution in [2.45, 2.75) is 4.90 Å². The Labute approximate surface area is 116 Å². The number of nitrogens with one attached hydrogen (secondary N) is 1. The maximum Gasteiger partial charge on any atom is 0.338 e. The number of hydrogen-bond donors (Lipinski definition) is 2. The third-order valence-corrected chi connectivity index (χ3v) is 4.24. The molecule has 1 aromatic carbocycles. The molecule has 0 unspecified atom stereocenters. The molecule has 0 heterocycles. The smallest absolute Gasteiger partial charge is 0.338 e. The van der Waals surface area contributed by atoms with Crippen LogP contribution in [0.5, 0.6) is 0 Å². The van der Waals surface area contributed by atoms with Crippen molar-refractivity contribution in [3.05, 3.63) is 28.0 Å². The molecule has 1 amide bonds. The molecule has 0 aliphatic carbocycles. The molecule has 0 fully saturated rings. The minimum Gasteiger partial charge on any atom is -0.478 e. The molecule has 0 radical (unpaired) electrons. The Hall–Kier alpha value is -1.48. The first-order valence-electron chi connectivity index (χ1n) is 4.84. The first kappa shape index (κ1) is 15.6. The number of amides is 1. The van der Waals surface area contributed by atoms with Crippen molar-refractivity contribution in [2.24, 2.45) is 0 Å². The van der Waals surface area contributed by atoms with E-state index < -0.39 is 43.7 Å². The van der Waals surface area contributed by atoms with Gasteiger partial charge in [-0.3, -0.25) is 4.79 Å². The van der Waals surface area contributed by atoms with Gasteiger partial charge in [0.2, 0.25) is 5.91 Å². The number of hydrogen-bond acceptors (Lipinski definition) is 4. The molecule has 0 bridgehead atoms. The van der Waals surface area contributed by atoms with Crippen molar-refractivity contribution in [1.29, 1.82) is 0 Å². The van der Waals surface area contributed by atoms with Crippen LogP contribution in [0.25, 0.3) is 0 Å². The molecule has 0 atom stereocenters. The van der Waals surface area contributed by atoms with Gasteiger partial charge >= 0.3 is 5.97 Å². The van der Waals surface area contributed by atoms with Crippen molar-refractivity contribution in [3.63, 3.8) is 0 Å². The van der Waals surface area contributed by atoms with Crippen LogP contribution in [0.15, 0.2) is 21.5 Å². The summed E-state index contributed by atoms with van der Waals surface area (Å²) in [5.74, 6) is -4.78. The summed E-state index contributed by atoms with van der Waals surface area (Å²) < 4.78 is 37.6. The van der Waals surface area contributed by atoms with Crippen molar-refractivity contribution < 1.29 is 27.5 Å². The maximum absolute atomic E-state index is 13.8. The summed E-state index contributed by atoms with van der Waals surface area (Å²) in [5.41, 5.74) is -0.787. The van der Waals surface area contributed by atoms with Gasteiger partial charge in [0, 0.05) is 11.5 Å². The molecule has 0 aliphatic rings. The van der Waals surface area contributed by atoms with Gasteiger partial charge in [0.15, 0.2) is 15.7 Å². The second kappa shape index (κ2) is 5.66. The van der Waals surface area contributed by atoms with Crippen LogP contribution in [0.4, 0.5) is 4.39 Å². The molecule has 9 heteroatoms. The first-order valence-corrected chi connectivity index (χ1v) is 7.29. The van der Waals surface area contributed by atoms with Crippen molar-refractivity contribution in [2.75, 3.05) is 12.8 Å². The van der Waals surface area contributed by atoms with Gasteiger partial charge in [-0.25, -0.2) is 17.6 Å². The van der Waals surface area contributed by atoms with Gasteiger partial charge in [-0.15, -0.1) is 0 Å². The number of aromatic carboxylic acids is 1. The van der Waals surface area contributed by atoms with Crippen LogP contribution in [0.2, 0.25) is 0 Å². The molecule has 1 rings (SSSR count). The van der Waals surface area contributed by atoms with E-state index in [1.165, 1.54) is 7.05 Å². The second-order valence-electron chi connectivity index (χ2n) is 3.50. The van der Waals surface area contributed by atoms with E-state index in [2.05, 4.69) is 21.2 Å². The Morgan fingerprint density at radius 3 is 2.47 bits per heavy atom. The highest BCUT2D eigenvalue weighted by atomic mass is 79.9. The lowest BCUT2D eigenvalue weighted by Gasteiger charge is -2.08. The monoisotopic (exact) mass is 353 g/mol. The van der Waals surface area contributed by atoms with Crippen molar-refractivity contribution in [3.8, 4) is 0 Å². The fourth-order valence-electron chi connectivity index (χ4n) is 1.27. The SMILES string of the molecule is CNC(=O)CS(=O)(=O)c1cc(Br)cc(C(=O)O)c1F. The number of carboxylic acids is 1. The number of benzene rings is 1. The van der Waals surface area contributed by atoms with Gasteiger partial charge in [-0.2, -0.15) is 0 Å². The van der Waals surface area contributed by atoms with Crippen LogP contribution in [0.1, 0.15) is 10.4 Å². The Kier molecular flexibility index (Phi) is 4.64. The van der Waals surface area contributed by atoms with Gasteiger partial charge in [0.05, 0.1) is 5.56 Å². The topological polar surface area (TPSA) is 101 Å². The van der Waals surface area contributed by atoms with Gasteiger partial charge in [-0.05, 0) is 12.1 Å². The Morgan fingerprint density at radius 1 is 1.42 bits per heavy atom. The molecule has 0 saturated heterocycles. The van der Waals surface area contributed by atoms with Crippen LogP contribution in [0, 0.1) is 5.82 Å². The summed E-state index contributed by atoms with van der Waals surface area (Å²) in [6.07, 6.45) is 0. The highest BCUT2D eigenvalue weighted by Crippen LogP contribution is 2.25. The molecule has 1 aromatic rings. The molecule has 104 valence electrons. The summed E-state index contributed by atoms with van der Waals surface area (Å²) in [6, 6.07) is 1.86. The molecule has 0 spiro atoms. The van der Waals surface area contributed by atoms with Gasteiger partial charge in [0.25, 0.3) is 0 Å². The van der Waals surface area contributed by atoms with E-state index in [1.54, 1.807) is 0 Å². The van der Waals surface area contributed by atoms with E-state index >= 15 is 0 Å². The van der Waals surface area contributed by atoms with Gasteiger partial charge in [0.1, 0.15) is 10.6 Å². The maximum atomic E-state index is 13.8. The molecule has 2 N–H and O–H groups in total. The molecule has 6 nitrogen and oxygen atoms in total. The molecular formula is C10H9BrFNO5S. The molecular weight excluding hydrogens is 345 g/mol. The average molecular weight is 354 g/mol. The minimum atomic E-state index is -4.26. The standard InChI is InChI=1S/C10H9BrFNO5S/c1-13-8(14)4-19(17,18)7-3-5(11)2-6(9(7)12)10(15)16/h2-3H,4H2,1H3,(H,13,14)(H,15,16). The van der Waals surface area contributed by atoms with E-state index in [0.717, 1.165) is 12.1 Å². The second-order valence-corrected chi connectivity index (χ2v) is 6.38. The summed E-state index contributed by atoms with van der Waals surface area (Å²) in [4.78, 5) is 21.0. The number of rotatable bonds is 4. The lowest BCUT2D eigenvalue weighted by Crippen LogP contribution is -2.27. The minimum absolute atomic E-state index is 0.0850. The summed E-state index contributed by atoms with van der Waals surface area (Å²) in [7, 11) is -3.03. The number of sulfone groups is 1. The molecule has 0 aliphatic heterocycles. The fraction of sp³-hybridized carbons (Fsp3) is 0.200. The highest BCUT2D eigenvalue weighted by molar-refractivity contribution is 9.10. The van der Waals surface area contributed by atoms with Crippen LogP contribution < -0.4 is 5.32 Å². The third kappa shape index (κ3) is 3.51. The highest BCUT2D eigenvalue weighted by Gasteiger charge is 2.26. The van der Waals surface area contributed by atoms with E-state index in [-0.39, 0.29) is 4.47 Å². The van der Waals surface area contributed by atoms with Crippen LogP contribution >= 0.6 is 15.9 Å². The van der Waals surface area contributed by atoms with Crippen LogP contribution in [0.3, 0.4) is 0 Å². The lowest BCUT2D eigenvalue weighted by atomic mass is 10.2. The van der Waals surface area contributed by atoms with E-state index in [4.69, 9.17) is 5.11 Å². The van der Waals surface area contributed by atoms with Crippen molar-refractivity contribution in [1.82, 2.24) is 5.32 Å². The summed E-state index contributed by atoms with van der Waals surface area (Å²) >= 11 is 2.90. The molecule has 0 saturated carbocycles. The predicted octanol–water partition coefficient (Wildman–Crippen LogP) is 0.806. The molecule has 0 aromatic heterocycles. The zero-order chi connectivity index (χ0) is 14.8. The summed E-state index contributed by atoms with van der Waals surface area (Å²) in [6.45, 7) is 0. The van der Waals surface area contributed by atoms with Gasteiger partial charge < -0.3 is 10.4 Å². The van der Waals surface area contributed by atoms with Gasteiger partial charge in [-0.1, -0.05) is 15.9 Å². The fourth-order valence-corrected chi connectivity index (χ4v) is 3.21. The number of halogens is 2. The first-order chi connectivity index (χ1) is 8.69. The Morgan fingerprint density at radius 2 is 2.00 bits per heavy atom. The van der Waals surface area contributed by atoms with E-state index in [1.807, 2.05) is 0 Å². The van der Waals surface area contributed by atoms with Crippen molar-refractivity contribution >= 4 is 37.6 Å². The Bertz CT molecular complexity index is 644. The molecule has 19 heavy (non-hydrogen) atoms. The third-order valence-electron chi connectivity index (χ3n) is 2.17. The summed E-state index contributed by atoms with van der Waals surface area (Å²) in [5, 5.41) is 10.9. The quantitative estimate of drug-likeness (QED) is 0.833. The largest absolute Gasteiger partial charge is 0.478 e.